The van der Waals surface area contributed by atoms with E-state index in [1.165, 1.54) is 0 Å². The first-order chi connectivity index (χ1) is 7.72. The zero-order valence-electron chi connectivity index (χ0n) is 9.55. The zero-order chi connectivity index (χ0) is 11.5. The fourth-order valence-corrected chi connectivity index (χ4v) is 2.48. The molecule has 0 fully saturated rings. The van der Waals surface area contributed by atoms with Gasteiger partial charge < -0.3 is 5.73 Å². The third-order valence-electron chi connectivity index (χ3n) is 2.52. The first kappa shape index (κ1) is 11.3. The van der Waals surface area contributed by atoms with E-state index < -0.39 is 0 Å². The summed E-state index contributed by atoms with van der Waals surface area (Å²) in [6.45, 7) is 2.13. The summed E-state index contributed by atoms with van der Waals surface area (Å²) in [7, 11) is 1.92. The summed E-state index contributed by atoms with van der Waals surface area (Å²) in [4.78, 5) is 4.56. The minimum Gasteiger partial charge on any atom is -0.322 e. The van der Waals surface area contributed by atoms with Gasteiger partial charge in [0.25, 0.3) is 0 Å². The van der Waals surface area contributed by atoms with E-state index in [1.807, 2.05) is 23.2 Å². The number of hydrogen-bond donors (Lipinski definition) is 1. The fourth-order valence-electron chi connectivity index (χ4n) is 1.64. The highest BCUT2D eigenvalue weighted by Crippen LogP contribution is 2.25. The minimum absolute atomic E-state index is 0.0666. The number of nitrogens with zero attached hydrogens (tertiary/aromatic N) is 3. The van der Waals surface area contributed by atoms with E-state index in [1.54, 1.807) is 17.5 Å². The Morgan fingerprint density at radius 3 is 3.00 bits per heavy atom. The molecule has 16 heavy (non-hydrogen) atoms. The Bertz CT molecular complexity index is 460. The van der Waals surface area contributed by atoms with Crippen LogP contribution in [0.1, 0.15) is 30.8 Å². The molecule has 2 aromatic rings. The second-order valence-corrected chi connectivity index (χ2v) is 4.70. The van der Waals surface area contributed by atoms with Crippen molar-refractivity contribution in [2.45, 2.75) is 25.8 Å². The van der Waals surface area contributed by atoms with Crippen LogP contribution in [0.3, 0.4) is 0 Å². The molecule has 0 aliphatic rings. The van der Waals surface area contributed by atoms with Crippen LogP contribution in [-0.2, 0) is 7.05 Å². The zero-order valence-corrected chi connectivity index (χ0v) is 10.4. The molecule has 0 spiro atoms. The molecule has 0 aliphatic carbocycles. The van der Waals surface area contributed by atoms with Gasteiger partial charge in [-0.3, -0.25) is 4.68 Å². The van der Waals surface area contributed by atoms with Crippen molar-refractivity contribution in [3.8, 4) is 11.4 Å². The predicted molar refractivity (Wildman–Crippen MR) is 66.2 cm³/mol. The molecule has 2 heterocycles. The molecule has 0 saturated carbocycles. The maximum atomic E-state index is 6.04. The molecule has 0 amide bonds. The molecule has 5 heteroatoms. The molecule has 0 aromatic carbocycles. The van der Waals surface area contributed by atoms with Crippen molar-refractivity contribution in [2.75, 3.05) is 0 Å². The van der Waals surface area contributed by atoms with Crippen LogP contribution in [0, 0.1) is 0 Å². The average molecular weight is 236 g/mol. The van der Waals surface area contributed by atoms with E-state index in [-0.39, 0.29) is 6.04 Å². The number of aromatic nitrogens is 3. The Balaban J connectivity index is 2.23. The molecular weight excluding hydrogens is 220 g/mol. The highest BCUT2D eigenvalue weighted by molar-refractivity contribution is 7.10. The third kappa shape index (κ3) is 2.15. The molecule has 2 aromatic heterocycles. The maximum Gasteiger partial charge on any atom is 0.110 e. The molecule has 2 rings (SSSR count). The Morgan fingerprint density at radius 1 is 1.56 bits per heavy atom. The van der Waals surface area contributed by atoms with Crippen molar-refractivity contribution in [2.24, 2.45) is 12.8 Å². The van der Waals surface area contributed by atoms with Crippen LogP contribution in [0.4, 0.5) is 0 Å². The molecule has 0 aliphatic heterocycles. The first-order valence-electron chi connectivity index (χ1n) is 5.41. The summed E-state index contributed by atoms with van der Waals surface area (Å²) >= 11 is 1.63. The van der Waals surface area contributed by atoms with E-state index in [0.29, 0.717) is 0 Å². The predicted octanol–water partition coefficient (Wildman–Crippen LogP) is 2.34. The molecule has 4 nitrogen and oxygen atoms in total. The summed E-state index contributed by atoms with van der Waals surface area (Å²) in [5.74, 6) is 0. The fraction of sp³-hybridized carbons (Fsp3) is 0.455. The van der Waals surface area contributed by atoms with Crippen molar-refractivity contribution in [1.82, 2.24) is 14.8 Å². The molecule has 0 bridgehead atoms. The Labute approximate surface area is 99.1 Å². The van der Waals surface area contributed by atoms with Crippen molar-refractivity contribution in [1.29, 1.82) is 0 Å². The molecule has 1 atom stereocenters. The largest absolute Gasteiger partial charge is 0.322 e. The van der Waals surface area contributed by atoms with Crippen molar-refractivity contribution in [3.63, 3.8) is 0 Å². The lowest BCUT2D eigenvalue weighted by Gasteiger charge is -2.05. The Kier molecular flexibility index (Phi) is 3.36. The van der Waals surface area contributed by atoms with Gasteiger partial charge in [-0.05, 0) is 12.5 Å². The monoisotopic (exact) mass is 236 g/mol. The number of hydrogen-bond acceptors (Lipinski definition) is 4. The summed E-state index contributed by atoms with van der Waals surface area (Å²) in [5, 5.41) is 7.19. The van der Waals surface area contributed by atoms with E-state index in [4.69, 9.17) is 5.73 Å². The van der Waals surface area contributed by atoms with Crippen LogP contribution in [0.2, 0.25) is 0 Å². The molecular formula is C11H16N4S. The van der Waals surface area contributed by atoms with E-state index in [0.717, 1.165) is 29.2 Å². The van der Waals surface area contributed by atoms with Crippen LogP contribution in [0.15, 0.2) is 17.6 Å². The highest BCUT2D eigenvalue weighted by Gasteiger charge is 2.12. The third-order valence-corrected chi connectivity index (χ3v) is 3.50. The van der Waals surface area contributed by atoms with Gasteiger partial charge in [-0.2, -0.15) is 5.10 Å². The van der Waals surface area contributed by atoms with Crippen molar-refractivity contribution < 1.29 is 0 Å². The van der Waals surface area contributed by atoms with Gasteiger partial charge in [0, 0.05) is 18.6 Å². The SMILES string of the molecule is CCCC(N)c1nc(-c2ccnn2C)cs1. The normalized spacial score (nSPS) is 12.9. The lowest BCUT2D eigenvalue weighted by Crippen LogP contribution is -2.09. The van der Waals surface area contributed by atoms with Crippen LogP contribution in [0.25, 0.3) is 11.4 Å². The maximum absolute atomic E-state index is 6.04. The molecule has 86 valence electrons. The van der Waals surface area contributed by atoms with Gasteiger partial charge in [0.2, 0.25) is 0 Å². The van der Waals surface area contributed by atoms with Crippen LogP contribution in [-0.4, -0.2) is 14.8 Å². The van der Waals surface area contributed by atoms with Crippen molar-refractivity contribution >= 4 is 11.3 Å². The molecule has 0 radical (unpaired) electrons. The van der Waals surface area contributed by atoms with E-state index in [2.05, 4.69) is 17.0 Å². The van der Waals surface area contributed by atoms with E-state index in [9.17, 15) is 0 Å². The highest BCUT2D eigenvalue weighted by atomic mass is 32.1. The summed E-state index contributed by atoms with van der Waals surface area (Å²) in [6, 6.07) is 2.03. The van der Waals surface area contributed by atoms with Crippen LogP contribution in [0.5, 0.6) is 0 Å². The topological polar surface area (TPSA) is 56.7 Å². The molecule has 2 N–H and O–H groups in total. The summed E-state index contributed by atoms with van der Waals surface area (Å²) < 4.78 is 1.82. The van der Waals surface area contributed by atoms with Gasteiger partial charge in [0.1, 0.15) is 5.01 Å². The van der Waals surface area contributed by atoms with Crippen molar-refractivity contribution in [3.05, 3.63) is 22.7 Å². The smallest absolute Gasteiger partial charge is 0.110 e. The lowest BCUT2D eigenvalue weighted by molar-refractivity contribution is 0.634. The van der Waals surface area contributed by atoms with Gasteiger partial charge in [-0.25, -0.2) is 4.98 Å². The van der Waals surface area contributed by atoms with Gasteiger partial charge in [-0.1, -0.05) is 13.3 Å². The van der Waals surface area contributed by atoms with Crippen LogP contribution < -0.4 is 5.73 Å². The quantitative estimate of drug-likeness (QED) is 0.886. The lowest BCUT2D eigenvalue weighted by atomic mass is 10.2. The summed E-state index contributed by atoms with van der Waals surface area (Å²) in [6.07, 6.45) is 3.85. The van der Waals surface area contributed by atoms with Gasteiger partial charge in [-0.15, -0.1) is 11.3 Å². The number of thiazole rings is 1. The van der Waals surface area contributed by atoms with Gasteiger partial charge >= 0.3 is 0 Å². The Hall–Kier alpha value is -1.20. The van der Waals surface area contributed by atoms with Gasteiger partial charge in [0.05, 0.1) is 17.4 Å². The number of nitrogens with two attached hydrogens (primary N) is 1. The average Bonchev–Trinajstić information content (AvgIpc) is 2.86. The number of aryl methyl sites for hydroxylation is 1. The van der Waals surface area contributed by atoms with E-state index >= 15 is 0 Å². The van der Waals surface area contributed by atoms with Crippen LogP contribution >= 0.6 is 11.3 Å². The Morgan fingerprint density at radius 2 is 2.38 bits per heavy atom. The summed E-state index contributed by atoms with van der Waals surface area (Å²) in [5.41, 5.74) is 8.03. The van der Waals surface area contributed by atoms with Gasteiger partial charge in [0.15, 0.2) is 0 Å². The molecule has 1 unspecified atom stereocenters. The molecule has 0 saturated heterocycles. The first-order valence-corrected chi connectivity index (χ1v) is 6.29. The second kappa shape index (κ2) is 4.76. The minimum atomic E-state index is 0.0666. The second-order valence-electron chi connectivity index (χ2n) is 3.81. The number of rotatable bonds is 4. The standard InChI is InChI=1S/C11H16N4S/c1-3-4-8(12)11-14-9(7-16-11)10-5-6-13-15(10)2/h5-8H,3-4,12H2,1-2H3.